The van der Waals surface area contributed by atoms with Crippen molar-refractivity contribution in [1.29, 1.82) is 0 Å². The first-order valence-electron chi connectivity index (χ1n) is 8.37. The molecule has 1 aromatic heterocycles. The standard InChI is InChI=1S/C20H20N4O3/c1-14(25)27-24-20(22-12-16-8-4-6-10-19(16)26-2)23-17-11-15-7-3-5-9-18(15)21-13-17/h3-11,13H,12H2,1-2H3,(H2,22,23,24). The van der Waals surface area contributed by atoms with E-state index in [4.69, 9.17) is 9.57 Å². The Hall–Kier alpha value is -3.61. The molecule has 0 fully saturated rings. The lowest BCUT2D eigenvalue weighted by Gasteiger charge is -2.12. The highest BCUT2D eigenvalue weighted by molar-refractivity contribution is 5.95. The lowest BCUT2D eigenvalue weighted by molar-refractivity contribution is -0.145. The fourth-order valence-corrected chi connectivity index (χ4v) is 2.49. The first-order valence-corrected chi connectivity index (χ1v) is 8.37. The molecule has 2 aromatic carbocycles. The van der Waals surface area contributed by atoms with E-state index in [-0.39, 0.29) is 5.96 Å². The fraction of sp³-hybridized carbons (Fsp3) is 0.150. The zero-order valence-electron chi connectivity index (χ0n) is 15.1. The average Bonchev–Trinajstić information content (AvgIpc) is 2.70. The maximum Gasteiger partial charge on any atom is 0.329 e. The van der Waals surface area contributed by atoms with Crippen molar-refractivity contribution >= 4 is 28.5 Å². The summed E-state index contributed by atoms with van der Waals surface area (Å²) < 4.78 is 5.34. The number of fused-ring (bicyclic) bond motifs is 1. The maximum absolute atomic E-state index is 11.2. The Bertz CT molecular complexity index is 972. The summed E-state index contributed by atoms with van der Waals surface area (Å²) in [7, 11) is 1.61. The molecule has 3 rings (SSSR count). The molecule has 7 nitrogen and oxygen atoms in total. The minimum absolute atomic E-state index is 0.285. The second kappa shape index (κ2) is 8.66. The van der Waals surface area contributed by atoms with Crippen molar-refractivity contribution in [2.24, 2.45) is 4.99 Å². The number of pyridine rings is 1. The van der Waals surface area contributed by atoms with E-state index < -0.39 is 5.97 Å². The van der Waals surface area contributed by atoms with Crippen LogP contribution in [0.2, 0.25) is 0 Å². The summed E-state index contributed by atoms with van der Waals surface area (Å²) >= 11 is 0. The number of aliphatic imine (C=N–C) groups is 1. The van der Waals surface area contributed by atoms with Gasteiger partial charge in [0.25, 0.3) is 0 Å². The van der Waals surface area contributed by atoms with Crippen LogP contribution < -0.4 is 15.5 Å². The van der Waals surface area contributed by atoms with Gasteiger partial charge < -0.3 is 14.9 Å². The number of rotatable bonds is 4. The molecule has 0 spiro atoms. The molecule has 2 N–H and O–H groups in total. The van der Waals surface area contributed by atoms with Crippen molar-refractivity contribution in [3.05, 3.63) is 66.4 Å². The predicted molar refractivity (Wildman–Crippen MR) is 104 cm³/mol. The van der Waals surface area contributed by atoms with Gasteiger partial charge in [0.2, 0.25) is 5.96 Å². The van der Waals surface area contributed by atoms with Crippen LogP contribution in [0.25, 0.3) is 10.9 Å². The van der Waals surface area contributed by atoms with Crippen LogP contribution in [-0.2, 0) is 16.2 Å². The van der Waals surface area contributed by atoms with Gasteiger partial charge in [-0.05, 0) is 18.2 Å². The molecular weight excluding hydrogens is 344 g/mol. The van der Waals surface area contributed by atoms with E-state index in [9.17, 15) is 4.79 Å². The van der Waals surface area contributed by atoms with Gasteiger partial charge in [0.05, 0.1) is 31.1 Å². The highest BCUT2D eigenvalue weighted by Gasteiger charge is 2.06. The van der Waals surface area contributed by atoms with Crippen molar-refractivity contribution in [3.63, 3.8) is 0 Å². The number of ether oxygens (including phenoxy) is 1. The molecule has 0 atom stereocenters. The molecule has 138 valence electrons. The van der Waals surface area contributed by atoms with Gasteiger partial charge in [0.1, 0.15) is 5.75 Å². The van der Waals surface area contributed by atoms with Gasteiger partial charge >= 0.3 is 5.97 Å². The lowest BCUT2D eigenvalue weighted by atomic mass is 10.2. The zero-order chi connectivity index (χ0) is 19.1. The Kier molecular flexibility index (Phi) is 5.84. The Labute approximate surface area is 157 Å². The molecule has 7 heteroatoms. The highest BCUT2D eigenvalue weighted by atomic mass is 16.7. The monoisotopic (exact) mass is 364 g/mol. The summed E-state index contributed by atoms with van der Waals surface area (Å²) in [6, 6.07) is 17.3. The van der Waals surface area contributed by atoms with Crippen LogP contribution >= 0.6 is 0 Å². The molecule has 0 bridgehead atoms. The summed E-state index contributed by atoms with van der Waals surface area (Å²) in [5, 5.41) is 4.08. The van der Waals surface area contributed by atoms with Gasteiger partial charge in [-0.2, -0.15) is 5.48 Å². The number of carbonyl (C=O) groups excluding carboxylic acids is 1. The van der Waals surface area contributed by atoms with Gasteiger partial charge in [0, 0.05) is 17.9 Å². The van der Waals surface area contributed by atoms with Gasteiger partial charge in [-0.1, -0.05) is 36.4 Å². The Morgan fingerprint density at radius 3 is 2.74 bits per heavy atom. The molecule has 0 amide bonds. The predicted octanol–water partition coefficient (Wildman–Crippen LogP) is 3.28. The van der Waals surface area contributed by atoms with Crippen molar-refractivity contribution in [3.8, 4) is 5.75 Å². The SMILES string of the molecule is COc1ccccc1CN=C(NOC(C)=O)Nc1cnc2ccccc2c1. The van der Waals surface area contributed by atoms with Crippen molar-refractivity contribution in [2.45, 2.75) is 13.5 Å². The highest BCUT2D eigenvalue weighted by Crippen LogP contribution is 2.19. The van der Waals surface area contributed by atoms with Gasteiger partial charge in [-0.15, -0.1) is 0 Å². The van der Waals surface area contributed by atoms with Crippen LogP contribution in [-0.4, -0.2) is 24.0 Å². The number of nitrogens with zero attached hydrogens (tertiary/aromatic N) is 2. The number of carbonyl (C=O) groups is 1. The van der Waals surface area contributed by atoms with E-state index in [0.717, 1.165) is 22.2 Å². The fourth-order valence-electron chi connectivity index (χ4n) is 2.49. The number of hydrogen-bond donors (Lipinski definition) is 2. The summed E-state index contributed by atoms with van der Waals surface area (Å²) in [5.74, 6) is 0.548. The van der Waals surface area contributed by atoms with E-state index in [2.05, 4.69) is 20.8 Å². The molecule has 3 aromatic rings. The molecule has 0 unspecified atom stereocenters. The summed E-state index contributed by atoms with van der Waals surface area (Å²) in [6.07, 6.45) is 1.69. The van der Waals surface area contributed by atoms with Crippen LogP contribution in [0.3, 0.4) is 0 Å². The molecule has 0 aliphatic heterocycles. The Morgan fingerprint density at radius 1 is 1.15 bits per heavy atom. The summed E-state index contributed by atoms with van der Waals surface area (Å²) in [6.45, 7) is 1.64. The normalized spacial score (nSPS) is 11.1. The third kappa shape index (κ3) is 4.94. The van der Waals surface area contributed by atoms with Crippen molar-refractivity contribution in [1.82, 2.24) is 10.5 Å². The molecule has 1 heterocycles. The first-order chi connectivity index (χ1) is 13.2. The smallest absolute Gasteiger partial charge is 0.329 e. The topological polar surface area (TPSA) is 84.8 Å². The molecule has 0 radical (unpaired) electrons. The number of nitrogens with one attached hydrogen (secondary N) is 2. The van der Waals surface area contributed by atoms with Crippen molar-refractivity contribution in [2.75, 3.05) is 12.4 Å². The first kappa shape index (κ1) is 18.2. The molecule has 0 saturated heterocycles. The van der Waals surface area contributed by atoms with Gasteiger partial charge in [-0.3, -0.25) is 9.78 Å². The van der Waals surface area contributed by atoms with Crippen LogP contribution in [0, 0.1) is 0 Å². The van der Waals surface area contributed by atoms with Crippen LogP contribution in [0.15, 0.2) is 65.8 Å². The van der Waals surface area contributed by atoms with Crippen LogP contribution in [0.1, 0.15) is 12.5 Å². The number of para-hydroxylation sites is 2. The van der Waals surface area contributed by atoms with E-state index in [1.807, 2.05) is 54.6 Å². The largest absolute Gasteiger partial charge is 0.496 e. The molecule has 0 saturated carbocycles. The second-order valence-corrected chi connectivity index (χ2v) is 5.71. The van der Waals surface area contributed by atoms with Gasteiger partial charge in [-0.25, -0.2) is 4.99 Å². The molecule has 0 aliphatic rings. The minimum Gasteiger partial charge on any atom is -0.496 e. The number of aromatic nitrogens is 1. The molecule has 27 heavy (non-hydrogen) atoms. The number of methoxy groups -OCH3 is 1. The number of guanidine groups is 1. The number of hydrogen-bond acceptors (Lipinski definition) is 5. The zero-order valence-corrected chi connectivity index (χ0v) is 15.1. The maximum atomic E-state index is 11.2. The number of hydroxylamine groups is 1. The quantitative estimate of drug-likeness (QED) is 0.420. The summed E-state index contributed by atoms with van der Waals surface area (Å²) in [4.78, 5) is 24.9. The summed E-state index contributed by atoms with van der Waals surface area (Å²) in [5.41, 5.74) is 5.05. The molecule has 0 aliphatic carbocycles. The van der Waals surface area contributed by atoms with E-state index in [1.165, 1.54) is 6.92 Å². The van der Waals surface area contributed by atoms with Crippen molar-refractivity contribution < 1.29 is 14.4 Å². The third-order valence-corrected chi connectivity index (χ3v) is 3.74. The lowest BCUT2D eigenvalue weighted by Crippen LogP contribution is -2.32. The minimum atomic E-state index is -0.474. The molecular formula is C20H20N4O3. The van der Waals surface area contributed by atoms with E-state index in [0.29, 0.717) is 12.2 Å². The average molecular weight is 364 g/mol. The Morgan fingerprint density at radius 2 is 1.93 bits per heavy atom. The van der Waals surface area contributed by atoms with E-state index >= 15 is 0 Å². The number of anilines is 1. The second-order valence-electron chi connectivity index (χ2n) is 5.71. The van der Waals surface area contributed by atoms with Crippen LogP contribution in [0.5, 0.6) is 5.75 Å². The Balaban J connectivity index is 1.82. The third-order valence-electron chi connectivity index (χ3n) is 3.74. The number of benzene rings is 2. The van der Waals surface area contributed by atoms with Crippen LogP contribution in [0.4, 0.5) is 5.69 Å². The van der Waals surface area contributed by atoms with E-state index in [1.54, 1.807) is 13.3 Å². The van der Waals surface area contributed by atoms with Gasteiger partial charge in [0.15, 0.2) is 0 Å².